The van der Waals surface area contributed by atoms with Crippen LogP contribution in [0, 0.1) is 6.92 Å². The smallest absolute Gasteiger partial charge is 0.315 e. The summed E-state index contributed by atoms with van der Waals surface area (Å²) < 4.78 is 37.2. The Bertz CT molecular complexity index is 370. The molecule has 7 heteroatoms. The second-order valence-corrected chi connectivity index (χ2v) is 2.91. The Morgan fingerprint density at radius 1 is 1.60 bits per heavy atom. The zero-order chi connectivity index (χ0) is 11.6. The van der Waals surface area contributed by atoms with Crippen molar-refractivity contribution in [2.45, 2.75) is 26.6 Å². The van der Waals surface area contributed by atoms with E-state index in [1.807, 2.05) is 0 Å². The summed E-state index contributed by atoms with van der Waals surface area (Å²) in [6.07, 6.45) is -3.68. The zero-order valence-electron chi connectivity index (χ0n) is 8.22. The van der Waals surface area contributed by atoms with Crippen LogP contribution in [0.25, 0.3) is 0 Å². The molecule has 1 N–H and O–H groups in total. The van der Waals surface area contributed by atoms with Crippen molar-refractivity contribution in [1.82, 2.24) is 9.78 Å². The second-order valence-electron chi connectivity index (χ2n) is 2.91. The Morgan fingerprint density at radius 2 is 2.20 bits per heavy atom. The molecule has 0 radical (unpaired) electrons. The summed E-state index contributed by atoms with van der Waals surface area (Å²) in [7, 11) is 0. The Labute approximate surface area is 84.1 Å². The highest BCUT2D eigenvalue weighted by Gasteiger charge is 2.39. The first-order valence-electron chi connectivity index (χ1n) is 4.26. The lowest BCUT2D eigenvalue weighted by Gasteiger charge is -2.07. The van der Waals surface area contributed by atoms with E-state index < -0.39 is 12.1 Å². The molecule has 1 aromatic heterocycles. The molecule has 0 spiro atoms. The van der Waals surface area contributed by atoms with Gasteiger partial charge < -0.3 is 5.32 Å². The van der Waals surface area contributed by atoms with Gasteiger partial charge in [-0.25, -0.2) is 0 Å². The summed E-state index contributed by atoms with van der Waals surface area (Å²) >= 11 is 0. The minimum atomic E-state index is -4.87. The van der Waals surface area contributed by atoms with Crippen LogP contribution in [0.4, 0.5) is 18.9 Å². The van der Waals surface area contributed by atoms with Crippen LogP contribution in [-0.2, 0) is 11.3 Å². The number of hydrogen-bond donors (Lipinski definition) is 1. The Kier molecular flexibility index (Phi) is 3.01. The van der Waals surface area contributed by atoms with E-state index in [2.05, 4.69) is 5.10 Å². The first kappa shape index (κ1) is 11.5. The monoisotopic (exact) mass is 221 g/mol. The molecule has 0 saturated heterocycles. The van der Waals surface area contributed by atoms with Crippen LogP contribution in [0.5, 0.6) is 0 Å². The number of rotatable bonds is 2. The molecule has 0 bridgehead atoms. The Morgan fingerprint density at radius 3 is 2.60 bits per heavy atom. The zero-order valence-corrected chi connectivity index (χ0v) is 8.22. The molecule has 0 aromatic carbocycles. The van der Waals surface area contributed by atoms with E-state index in [9.17, 15) is 18.0 Å². The van der Waals surface area contributed by atoms with Gasteiger partial charge in [0.2, 0.25) is 0 Å². The van der Waals surface area contributed by atoms with Crippen molar-refractivity contribution in [3.63, 3.8) is 0 Å². The molecule has 4 nitrogen and oxygen atoms in total. The first-order valence-corrected chi connectivity index (χ1v) is 4.26. The van der Waals surface area contributed by atoms with Gasteiger partial charge in [-0.3, -0.25) is 9.48 Å². The summed E-state index contributed by atoms with van der Waals surface area (Å²) in [5.74, 6) is -1.98. The van der Waals surface area contributed by atoms with E-state index in [4.69, 9.17) is 0 Å². The average Bonchev–Trinajstić information content (AvgIpc) is 2.46. The standard InChI is InChI=1S/C8H10F3N3O/c1-3-14-5(2)6(4-12-14)13-7(15)8(9,10)11/h4H,3H2,1-2H3,(H,13,15). The number of nitrogens with one attached hydrogen (secondary N) is 1. The third kappa shape index (κ3) is 2.48. The van der Waals surface area contributed by atoms with E-state index in [-0.39, 0.29) is 5.69 Å². The maximum atomic E-state index is 11.9. The van der Waals surface area contributed by atoms with Crippen molar-refractivity contribution < 1.29 is 18.0 Å². The molecular weight excluding hydrogens is 211 g/mol. The highest BCUT2D eigenvalue weighted by atomic mass is 19.4. The van der Waals surface area contributed by atoms with Crippen molar-refractivity contribution in [1.29, 1.82) is 0 Å². The lowest BCUT2D eigenvalue weighted by molar-refractivity contribution is -0.167. The molecule has 1 amide bonds. The topological polar surface area (TPSA) is 46.9 Å². The van der Waals surface area contributed by atoms with Gasteiger partial charge in [0.1, 0.15) is 0 Å². The van der Waals surface area contributed by atoms with Crippen molar-refractivity contribution in [2.24, 2.45) is 0 Å². The minimum Gasteiger partial charge on any atom is -0.315 e. The van der Waals surface area contributed by atoms with E-state index in [1.54, 1.807) is 19.2 Å². The third-order valence-electron chi connectivity index (χ3n) is 1.91. The number of anilines is 1. The fourth-order valence-corrected chi connectivity index (χ4v) is 1.08. The molecule has 1 aromatic rings. The van der Waals surface area contributed by atoms with Crippen molar-refractivity contribution in [3.05, 3.63) is 11.9 Å². The molecule has 1 rings (SSSR count). The Hall–Kier alpha value is -1.53. The molecule has 0 aliphatic heterocycles. The summed E-state index contributed by atoms with van der Waals surface area (Å²) in [4.78, 5) is 10.6. The summed E-state index contributed by atoms with van der Waals surface area (Å²) in [6.45, 7) is 3.92. The molecule has 15 heavy (non-hydrogen) atoms. The van der Waals surface area contributed by atoms with Crippen molar-refractivity contribution in [3.8, 4) is 0 Å². The van der Waals surface area contributed by atoms with Gasteiger partial charge in [0.25, 0.3) is 0 Å². The molecule has 0 aliphatic carbocycles. The molecule has 0 saturated carbocycles. The van der Waals surface area contributed by atoms with E-state index in [0.717, 1.165) is 0 Å². The number of hydrogen-bond acceptors (Lipinski definition) is 2. The van der Waals surface area contributed by atoms with E-state index >= 15 is 0 Å². The Balaban J connectivity index is 2.82. The van der Waals surface area contributed by atoms with E-state index in [0.29, 0.717) is 12.2 Å². The number of alkyl halides is 3. The second kappa shape index (κ2) is 3.92. The highest BCUT2D eigenvalue weighted by molar-refractivity contribution is 5.95. The van der Waals surface area contributed by atoms with Crippen molar-refractivity contribution >= 4 is 11.6 Å². The van der Waals surface area contributed by atoms with Gasteiger partial charge in [-0.05, 0) is 13.8 Å². The van der Waals surface area contributed by atoms with Gasteiger partial charge in [-0.15, -0.1) is 0 Å². The minimum absolute atomic E-state index is 0.0826. The number of halogens is 3. The SMILES string of the molecule is CCn1ncc(NC(=O)C(F)(F)F)c1C. The van der Waals surface area contributed by atoms with Gasteiger partial charge in [-0.1, -0.05) is 0 Å². The molecule has 0 atom stereocenters. The number of carbonyl (C=O) groups excluding carboxylic acids is 1. The van der Waals surface area contributed by atoms with Gasteiger partial charge in [-0.2, -0.15) is 18.3 Å². The number of aryl methyl sites for hydroxylation is 1. The van der Waals surface area contributed by atoms with Crippen LogP contribution in [0.1, 0.15) is 12.6 Å². The normalized spacial score (nSPS) is 11.5. The van der Waals surface area contributed by atoms with Crippen LogP contribution >= 0.6 is 0 Å². The van der Waals surface area contributed by atoms with Crippen molar-refractivity contribution in [2.75, 3.05) is 5.32 Å². The number of carbonyl (C=O) groups is 1. The summed E-state index contributed by atoms with van der Waals surface area (Å²) in [6, 6.07) is 0. The van der Waals surface area contributed by atoms with Crippen LogP contribution in [0.15, 0.2) is 6.20 Å². The van der Waals surface area contributed by atoms with Gasteiger partial charge in [0.05, 0.1) is 17.6 Å². The first-order chi connectivity index (χ1) is 6.86. The highest BCUT2D eigenvalue weighted by Crippen LogP contribution is 2.20. The quantitative estimate of drug-likeness (QED) is 0.826. The summed E-state index contributed by atoms with van der Waals surface area (Å²) in [5, 5.41) is 5.56. The molecule has 84 valence electrons. The fraction of sp³-hybridized carbons (Fsp3) is 0.500. The number of aromatic nitrogens is 2. The predicted molar refractivity (Wildman–Crippen MR) is 47.3 cm³/mol. The average molecular weight is 221 g/mol. The van der Waals surface area contributed by atoms with Crippen LogP contribution < -0.4 is 5.32 Å². The number of nitrogens with zero attached hydrogens (tertiary/aromatic N) is 2. The van der Waals surface area contributed by atoms with Crippen LogP contribution in [-0.4, -0.2) is 21.9 Å². The lowest BCUT2D eigenvalue weighted by atomic mass is 10.4. The molecule has 0 unspecified atom stereocenters. The fourth-order valence-electron chi connectivity index (χ4n) is 1.08. The third-order valence-corrected chi connectivity index (χ3v) is 1.91. The number of amides is 1. The van der Waals surface area contributed by atoms with Gasteiger partial charge in [0, 0.05) is 6.54 Å². The maximum absolute atomic E-state index is 11.9. The van der Waals surface area contributed by atoms with Gasteiger partial charge >= 0.3 is 12.1 Å². The van der Waals surface area contributed by atoms with E-state index in [1.165, 1.54) is 10.9 Å². The molecular formula is C8H10F3N3O. The predicted octanol–water partition coefficient (Wildman–Crippen LogP) is 1.71. The molecule has 0 fully saturated rings. The molecule has 1 heterocycles. The molecule has 0 aliphatic rings. The van der Waals surface area contributed by atoms with Crippen LogP contribution in [0.3, 0.4) is 0 Å². The van der Waals surface area contributed by atoms with Crippen LogP contribution in [0.2, 0.25) is 0 Å². The van der Waals surface area contributed by atoms with Gasteiger partial charge in [0.15, 0.2) is 0 Å². The maximum Gasteiger partial charge on any atom is 0.471 e. The summed E-state index contributed by atoms with van der Waals surface area (Å²) in [5.41, 5.74) is 0.578. The lowest BCUT2D eigenvalue weighted by Crippen LogP contribution is -2.30. The largest absolute Gasteiger partial charge is 0.471 e.